The summed E-state index contributed by atoms with van der Waals surface area (Å²) in [6.07, 6.45) is 1.89. The Labute approximate surface area is 190 Å². The predicted octanol–water partition coefficient (Wildman–Crippen LogP) is 4.57. The van der Waals surface area contributed by atoms with E-state index < -0.39 is 0 Å². The second-order valence-electron chi connectivity index (χ2n) is 7.45. The van der Waals surface area contributed by atoms with Crippen molar-refractivity contribution in [2.45, 2.75) is 0 Å². The first-order chi connectivity index (χ1) is 14.4. The fourth-order valence-electron chi connectivity index (χ4n) is 3.68. The molecular weight excluding hydrogens is 441 g/mol. The van der Waals surface area contributed by atoms with E-state index in [1.54, 1.807) is 29.2 Å². The smallest absolute Gasteiger partial charge is 0.264 e. The number of hydrogen-bond donors (Lipinski definition) is 1. The summed E-state index contributed by atoms with van der Waals surface area (Å²) in [5.74, 6) is 0.896. The van der Waals surface area contributed by atoms with E-state index in [0.717, 1.165) is 48.9 Å². The molecule has 0 radical (unpaired) electrons. The van der Waals surface area contributed by atoms with Gasteiger partial charge >= 0.3 is 0 Å². The molecule has 0 atom stereocenters. The lowest BCUT2D eigenvalue weighted by Crippen LogP contribution is -2.44. The highest BCUT2D eigenvalue weighted by Crippen LogP contribution is 2.35. The van der Waals surface area contributed by atoms with Crippen LogP contribution in [0.25, 0.3) is 6.08 Å². The predicted molar refractivity (Wildman–Crippen MR) is 127 cm³/mol. The average molecular weight is 464 g/mol. The van der Waals surface area contributed by atoms with Gasteiger partial charge in [0.05, 0.1) is 15.0 Å². The molecule has 1 N–H and O–H groups in total. The highest BCUT2D eigenvalue weighted by atomic mass is 35.5. The Hall–Kier alpha value is -1.86. The molecule has 1 amide bonds. The number of phenolic OH excluding ortho intramolecular Hbond substituents is 1. The fourth-order valence-corrected chi connectivity index (χ4v) is 4.91. The van der Waals surface area contributed by atoms with Gasteiger partial charge in [-0.2, -0.15) is 0 Å². The van der Waals surface area contributed by atoms with E-state index in [2.05, 4.69) is 16.8 Å². The van der Waals surface area contributed by atoms with Crippen LogP contribution in [0, 0.1) is 0 Å². The Morgan fingerprint density at radius 3 is 2.50 bits per heavy atom. The molecule has 2 aromatic carbocycles. The van der Waals surface area contributed by atoms with Gasteiger partial charge in [0.2, 0.25) is 0 Å². The molecule has 0 saturated carbocycles. The summed E-state index contributed by atoms with van der Waals surface area (Å²) in [6.45, 7) is 4.39. The lowest BCUT2D eigenvalue weighted by atomic mass is 10.1. The average Bonchev–Trinajstić information content (AvgIpc) is 2.73. The first-order valence-electron chi connectivity index (χ1n) is 9.80. The summed E-state index contributed by atoms with van der Waals surface area (Å²) in [6, 6.07) is 10.6. The van der Waals surface area contributed by atoms with Crippen LogP contribution in [0.15, 0.2) is 41.3 Å². The zero-order valence-electron chi connectivity index (χ0n) is 16.6. The van der Waals surface area contributed by atoms with Crippen LogP contribution in [0.5, 0.6) is 5.75 Å². The third-order valence-electron chi connectivity index (χ3n) is 5.38. The van der Waals surface area contributed by atoms with Crippen LogP contribution >= 0.6 is 35.0 Å². The highest BCUT2D eigenvalue weighted by molar-refractivity contribution is 8.04. The van der Waals surface area contributed by atoms with Crippen molar-refractivity contribution < 1.29 is 9.90 Å². The Morgan fingerprint density at radius 2 is 1.77 bits per heavy atom. The molecule has 2 heterocycles. The van der Waals surface area contributed by atoms with Gasteiger partial charge in [0.25, 0.3) is 5.91 Å². The molecule has 2 aliphatic rings. The van der Waals surface area contributed by atoms with Crippen molar-refractivity contribution in [2.75, 3.05) is 55.3 Å². The van der Waals surface area contributed by atoms with Gasteiger partial charge in [-0.25, -0.2) is 0 Å². The van der Waals surface area contributed by atoms with Gasteiger partial charge in [-0.15, -0.1) is 11.8 Å². The van der Waals surface area contributed by atoms with Crippen molar-refractivity contribution in [3.63, 3.8) is 0 Å². The van der Waals surface area contributed by atoms with Crippen molar-refractivity contribution in [3.8, 4) is 5.75 Å². The van der Waals surface area contributed by atoms with Crippen molar-refractivity contribution in [2.24, 2.45) is 0 Å². The van der Waals surface area contributed by atoms with Crippen LogP contribution in [-0.4, -0.2) is 61.4 Å². The lowest BCUT2D eigenvalue weighted by molar-refractivity contribution is -0.114. The number of thioether (sulfide) groups is 1. The first kappa shape index (κ1) is 21.4. The van der Waals surface area contributed by atoms with Crippen LogP contribution in [0.4, 0.5) is 11.4 Å². The Kier molecular flexibility index (Phi) is 6.48. The number of amides is 1. The fraction of sp³-hybridized carbons (Fsp3) is 0.318. The van der Waals surface area contributed by atoms with Gasteiger partial charge in [-0.3, -0.25) is 4.79 Å². The molecule has 0 unspecified atom stereocenters. The lowest BCUT2D eigenvalue weighted by Gasteiger charge is -2.35. The summed E-state index contributed by atoms with van der Waals surface area (Å²) >= 11 is 13.7. The number of piperazine rings is 1. The number of anilines is 2. The quantitative estimate of drug-likeness (QED) is 0.675. The molecule has 0 spiro atoms. The summed E-state index contributed by atoms with van der Waals surface area (Å²) in [7, 11) is 2.12. The molecule has 5 nitrogen and oxygen atoms in total. The molecule has 0 aliphatic carbocycles. The van der Waals surface area contributed by atoms with Crippen LogP contribution in [-0.2, 0) is 4.79 Å². The van der Waals surface area contributed by atoms with Gasteiger partial charge < -0.3 is 19.8 Å². The van der Waals surface area contributed by atoms with E-state index in [1.807, 2.05) is 18.2 Å². The van der Waals surface area contributed by atoms with Gasteiger partial charge in [-0.05, 0) is 49.5 Å². The molecule has 30 heavy (non-hydrogen) atoms. The van der Waals surface area contributed by atoms with Crippen molar-refractivity contribution in [1.82, 2.24) is 4.90 Å². The Bertz CT molecular complexity index is 990. The molecule has 4 rings (SSSR count). The molecule has 0 aromatic heterocycles. The van der Waals surface area contributed by atoms with E-state index in [1.165, 1.54) is 11.8 Å². The number of carbonyl (C=O) groups excluding carboxylic acids is 1. The summed E-state index contributed by atoms with van der Waals surface area (Å²) in [5.41, 5.74) is 2.62. The maximum absolute atomic E-state index is 13.2. The van der Waals surface area contributed by atoms with Gasteiger partial charge in [0.1, 0.15) is 5.75 Å². The van der Waals surface area contributed by atoms with Gasteiger partial charge in [-0.1, -0.05) is 23.2 Å². The molecule has 2 aliphatic heterocycles. The Morgan fingerprint density at radius 1 is 1.00 bits per heavy atom. The van der Waals surface area contributed by atoms with Gasteiger partial charge in [0.15, 0.2) is 0 Å². The minimum absolute atomic E-state index is 0.0719. The van der Waals surface area contributed by atoms with Crippen LogP contribution < -0.4 is 9.80 Å². The molecule has 8 heteroatoms. The van der Waals surface area contributed by atoms with E-state index in [4.69, 9.17) is 23.2 Å². The molecule has 2 fully saturated rings. The summed E-state index contributed by atoms with van der Waals surface area (Å²) < 4.78 is 0. The minimum Gasteiger partial charge on any atom is -0.508 e. The molecule has 2 saturated heterocycles. The SMILES string of the molecule is CN1CCN(c2ccc(O)cc2/C=C2\SCCN(c3ccc(Cl)c(Cl)c3)C2=O)CC1. The monoisotopic (exact) mass is 463 g/mol. The third-order valence-corrected chi connectivity index (χ3v) is 7.11. The van der Waals surface area contributed by atoms with Crippen LogP contribution in [0.1, 0.15) is 5.56 Å². The van der Waals surface area contributed by atoms with Crippen molar-refractivity contribution in [3.05, 3.63) is 56.9 Å². The zero-order valence-corrected chi connectivity index (χ0v) is 19.0. The standard InChI is InChI=1S/C22H23Cl2N3O2S/c1-25-6-8-26(9-7-25)20-5-3-17(28)12-15(20)13-21-22(29)27(10-11-30-21)16-2-4-18(23)19(24)14-16/h2-5,12-14,28H,6-11H2,1H3/b21-13-. The number of benzene rings is 2. The highest BCUT2D eigenvalue weighted by Gasteiger charge is 2.26. The number of likely N-dealkylation sites (N-methyl/N-ethyl adjacent to an activating group) is 1. The first-order valence-corrected chi connectivity index (χ1v) is 11.5. The Balaban J connectivity index is 1.64. The zero-order chi connectivity index (χ0) is 21.3. The van der Waals surface area contributed by atoms with E-state index in [9.17, 15) is 9.90 Å². The topological polar surface area (TPSA) is 47.0 Å². The summed E-state index contributed by atoms with van der Waals surface area (Å²) in [4.78, 5) is 20.2. The number of rotatable bonds is 3. The van der Waals surface area contributed by atoms with Crippen LogP contribution in [0.2, 0.25) is 10.0 Å². The van der Waals surface area contributed by atoms with Crippen molar-refractivity contribution >= 4 is 58.3 Å². The molecular formula is C22H23Cl2N3O2S. The third kappa shape index (κ3) is 4.57. The number of carbonyl (C=O) groups is 1. The number of aromatic hydroxyl groups is 1. The minimum atomic E-state index is -0.0719. The number of phenols is 1. The normalized spacial score (nSPS) is 19.6. The van der Waals surface area contributed by atoms with E-state index in [-0.39, 0.29) is 11.7 Å². The second kappa shape index (κ2) is 9.10. The maximum atomic E-state index is 13.2. The van der Waals surface area contributed by atoms with E-state index >= 15 is 0 Å². The van der Waals surface area contributed by atoms with E-state index in [0.29, 0.717) is 21.5 Å². The number of halogens is 2. The summed E-state index contributed by atoms with van der Waals surface area (Å²) in [5, 5.41) is 11.0. The maximum Gasteiger partial charge on any atom is 0.264 e. The largest absolute Gasteiger partial charge is 0.508 e. The number of nitrogens with zero attached hydrogens (tertiary/aromatic N) is 3. The van der Waals surface area contributed by atoms with Gasteiger partial charge in [0, 0.05) is 55.4 Å². The van der Waals surface area contributed by atoms with Crippen LogP contribution in [0.3, 0.4) is 0 Å². The molecule has 158 valence electrons. The molecule has 0 bridgehead atoms. The second-order valence-corrected chi connectivity index (χ2v) is 9.40. The molecule has 2 aromatic rings. The van der Waals surface area contributed by atoms with Crippen molar-refractivity contribution in [1.29, 1.82) is 0 Å². The number of hydrogen-bond acceptors (Lipinski definition) is 5.